The minimum Gasteiger partial charge on any atom is -0.474 e. The number of piperidine rings is 1. The molecule has 110 valence electrons. The van der Waals surface area contributed by atoms with E-state index in [2.05, 4.69) is 19.9 Å². The molecule has 0 saturated carbocycles. The molecule has 1 fully saturated rings. The van der Waals surface area contributed by atoms with Crippen LogP contribution in [-0.2, 0) is 0 Å². The highest BCUT2D eigenvalue weighted by atomic mass is 16.5. The first kappa shape index (κ1) is 13.6. The van der Waals surface area contributed by atoms with Crippen LogP contribution in [0.3, 0.4) is 0 Å². The second-order valence-electron chi connectivity index (χ2n) is 5.20. The van der Waals surface area contributed by atoms with E-state index in [0.29, 0.717) is 5.88 Å². The highest BCUT2D eigenvalue weighted by molar-refractivity contribution is 5.38. The smallest absolute Gasteiger partial charge is 0.223 e. The Balaban J connectivity index is 1.58. The summed E-state index contributed by atoms with van der Waals surface area (Å²) in [5.41, 5.74) is 6.47. The van der Waals surface area contributed by atoms with Crippen molar-refractivity contribution in [2.45, 2.75) is 25.9 Å². The maximum Gasteiger partial charge on any atom is 0.223 e. The van der Waals surface area contributed by atoms with Crippen molar-refractivity contribution < 1.29 is 4.74 Å². The minimum absolute atomic E-state index is 0.165. The molecule has 0 atom stereocenters. The molecule has 0 bridgehead atoms. The first-order valence-corrected chi connectivity index (χ1v) is 7.14. The van der Waals surface area contributed by atoms with Crippen LogP contribution in [0.15, 0.2) is 30.5 Å². The number of nitrogens with two attached hydrogens (primary N) is 1. The summed E-state index contributed by atoms with van der Waals surface area (Å²) in [5.74, 6) is 1.85. The van der Waals surface area contributed by atoms with E-state index in [0.717, 1.165) is 37.4 Å². The zero-order valence-corrected chi connectivity index (χ0v) is 12.1. The third-order valence-corrected chi connectivity index (χ3v) is 3.55. The van der Waals surface area contributed by atoms with Crippen LogP contribution in [0.25, 0.3) is 0 Å². The van der Waals surface area contributed by atoms with Gasteiger partial charge in [0.05, 0.1) is 0 Å². The maximum atomic E-state index is 5.92. The number of aromatic nitrogens is 3. The summed E-state index contributed by atoms with van der Waals surface area (Å²) >= 11 is 0. The lowest BCUT2D eigenvalue weighted by Crippen LogP contribution is -2.38. The van der Waals surface area contributed by atoms with Crippen molar-refractivity contribution in [3.63, 3.8) is 0 Å². The first-order valence-electron chi connectivity index (χ1n) is 7.14. The molecule has 2 N–H and O–H groups in total. The number of nitrogen functional groups attached to an aromatic ring is 1. The van der Waals surface area contributed by atoms with Crippen molar-refractivity contribution in [2.75, 3.05) is 23.7 Å². The monoisotopic (exact) mass is 285 g/mol. The number of aryl methyl sites for hydroxylation is 1. The fraction of sp³-hybridized carbons (Fsp3) is 0.400. The molecule has 0 spiro atoms. The molecule has 6 heteroatoms. The summed E-state index contributed by atoms with van der Waals surface area (Å²) in [7, 11) is 0. The summed E-state index contributed by atoms with van der Waals surface area (Å²) in [6.45, 7) is 3.75. The number of rotatable bonds is 3. The number of pyridine rings is 1. The highest BCUT2D eigenvalue weighted by Crippen LogP contribution is 2.21. The van der Waals surface area contributed by atoms with Gasteiger partial charge in [0.1, 0.15) is 11.9 Å². The molecule has 0 aromatic carbocycles. The van der Waals surface area contributed by atoms with Gasteiger partial charge in [0.15, 0.2) is 0 Å². The second-order valence-corrected chi connectivity index (χ2v) is 5.20. The van der Waals surface area contributed by atoms with Crippen LogP contribution in [0.4, 0.5) is 11.8 Å². The number of hydrogen-bond acceptors (Lipinski definition) is 6. The fourth-order valence-electron chi connectivity index (χ4n) is 2.54. The molecule has 3 heterocycles. The Morgan fingerprint density at radius 2 is 2.05 bits per heavy atom. The Bertz CT molecular complexity index is 576. The SMILES string of the molecule is Cc1cc(OC2CCN(c3ccccn3)CC2)nc(N)n1. The molecule has 2 aromatic heterocycles. The summed E-state index contributed by atoms with van der Waals surface area (Å²) < 4.78 is 5.92. The van der Waals surface area contributed by atoms with Gasteiger partial charge in [0.2, 0.25) is 11.8 Å². The van der Waals surface area contributed by atoms with E-state index in [1.54, 1.807) is 0 Å². The van der Waals surface area contributed by atoms with E-state index in [9.17, 15) is 0 Å². The van der Waals surface area contributed by atoms with Crippen molar-refractivity contribution in [1.29, 1.82) is 0 Å². The summed E-state index contributed by atoms with van der Waals surface area (Å²) in [4.78, 5) is 14.8. The van der Waals surface area contributed by atoms with Crippen molar-refractivity contribution >= 4 is 11.8 Å². The number of hydrogen-bond donors (Lipinski definition) is 1. The van der Waals surface area contributed by atoms with Crippen molar-refractivity contribution in [2.24, 2.45) is 0 Å². The Hall–Kier alpha value is -2.37. The average molecular weight is 285 g/mol. The van der Waals surface area contributed by atoms with Gasteiger partial charge < -0.3 is 15.4 Å². The van der Waals surface area contributed by atoms with E-state index in [-0.39, 0.29) is 12.1 Å². The normalized spacial score (nSPS) is 16.0. The number of anilines is 2. The minimum atomic E-state index is 0.165. The fourth-order valence-corrected chi connectivity index (χ4v) is 2.54. The van der Waals surface area contributed by atoms with Gasteiger partial charge in [-0.05, 0) is 19.1 Å². The zero-order chi connectivity index (χ0) is 14.7. The van der Waals surface area contributed by atoms with E-state index in [1.807, 2.05) is 37.4 Å². The van der Waals surface area contributed by atoms with Gasteiger partial charge in [0.25, 0.3) is 0 Å². The molecule has 0 unspecified atom stereocenters. The van der Waals surface area contributed by atoms with Gasteiger partial charge >= 0.3 is 0 Å². The largest absolute Gasteiger partial charge is 0.474 e. The van der Waals surface area contributed by atoms with Crippen LogP contribution in [-0.4, -0.2) is 34.1 Å². The lowest BCUT2D eigenvalue weighted by atomic mass is 10.1. The lowest BCUT2D eigenvalue weighted by molar-refractivity contribution is 0.163. The predicted octanol–water partition coefficient (Wildman–Crippen LogP) is 1.81. The number of nitrogens with zero attached hydrogens (tertiary/aromatic N) is 4. The van der Waals surface area contributed by atoms with Crippen LogP contribution in [0.1, 0.15) is 18.5 Å². The molecule has 2 aromatic rings. The molecular formula is C15H19N5O. The van der Waals surface area contributed by atoms with Gasteiger partial charge in [0, 0.05) is 43.9 Å². The predicted molar refractivity (Wildman–Crippen MR) is 81.3 cm³/mol. The first-order chi connectivity index (χ1) is 10.2. The van der Waals surface area contributed by atoms with Gasteiger partial charge in [-0.25, -0.2) is 9.97 Å². The Morgan fingerprint density at radius 3 is 2.71 bits per heavy atom. The molecule has 0 aliphatic carbocycles. The molecular weight excluding hydrogens is 266 g/mol. The van der Waals surface area contributed by atoms with E-state index in [4.69, 9.17) is 10.5 Å². The average Bonchev–Trinajstić information content (AvgIpc) is 2.48. The maximum absolute atomic E-state index is 5.92. The third-order valence-electron chi connectivity index (χ3n) is 3.55. The molecule has 3 rings (SSSR count). The third kappa shape index (κ3) is 3.39. The summed E-state index contributed by atoms with van der Waals surface area (Å²) in [5, 5.41) is 0. The van der Waals surface area contributed by atoms with E-state index < -0.39 is 0 Å². The highest BCUT2D eigenvalue weighted by Gasteiger charge is 2.21. The van der Waals surface area contributed by atoms with Crippen molar-refractivity contribution in [3.05, 3.63) is 36.2 Å². The lowest BCUT2D eigenvalue weighted by Gasteiger charge is -2.32. The van der Waals surface area contributed by atoms with Crippen LogP contribution in [0.2, 0.25) is 0 Å². The molecule has 6 nitrogen and oxygen atoms in total. The molecule has 21 heavy (non-hydrogen) atoms. The molecule has 0 amide bonds. The van der Waals surface area contributed by atoms with Gasteiger partial charge in [-0.15, -0.1) is 0 Å². The van der Waals surface area contributed by atoms with Crippen molar-refractivity contribution in [3.8, 4) is 5.88 Å². The number of ether oxygens (including phenoxy) is 1. The molecule has 1 saturated heterocycles. The standard InChI is InChI=1S/C15H19N5O/c1-11-10-14(19-15(16)18-11)21-12-5-8-20(9-6-12)13-4-2-3-7-17-13/h2-4,7,10,12H,5-6,8-9H2,1H3,(H2,16,18,19). The molecule has 0 radical (unpaired) electrons. The van der Waals surface area contributed by atoms with Crippen LogP contribution >= 0.6 is 0 Å². The summed E-state index contributed by atoms with van der Waals surface area (Å²) in [6, 6.07) is 7.80. The van der Waals surface area contributed by atoms with Gasteiger partial charge in [-0.1, -0.05) is 6.07 Å². The summed E-state index contributed by atoms with van der Waals surface area (Å²) in [6.07, 6.45) is 3.88. The van der Waals surface area contributed by atoms with Crippen LogP contribution in [0, 0.1) is 6.92 Å². The zero-order valence-electron chi connectivity index (χ0n) is 12.1. The Morgan fingerprint density at radius 1 is 1.24 bits per heavy atom. The molecule has 1 aliphatic rings. The molecule has 1 aliphatic heterocycles. The van der Waals surface area contributed by atoms with Crippen LogP contribution in [0.5, 0.6) is 5.88 Å². The van der Waals surface area contributed by atoms with Crippen molar-refractivity contribution in [1.82, 2.24) is 15.0 Å². The van der Waals surface area contributed by atoms with E-state index >= 15 is 0 Å². The van der Waals surface area contributed by atoms with Gasteiger partial charge in [-0.2, -0.15) is 4.98 Å². The Kier molecular flexibility index (Phi) is 3.85. The topological polar surface area (TPSA) is 77.2 Å². The van der Waals surface area contributed by atoms with E-state index in [1.165, 1.54) is 0 Å². The van der Waals surface area contributed by atoms with Gasteiger partial charge in [-0.3, -0.25) is 0 Å². The second kappa shape index (κ2) is 5.95. The Labute approximate surface area is 124 Å². The van der Waals surface area contributed by atoms with Crippen LogP contribution < -0.4 is 15.4 Å². The quantitative estimate of drug-likeness (QED) is 0.926.